The molecule has 7 nitrogen and oxygen atoms in total. The molecule has 1 saturated heterocycles. The summed E-state index contributed by atoms with van der Waals surface area (Å²) in [6.45, 7) is 11.6. The Balaban J connectivity index is 1.88. The van der Waals surface area contributed by atoms with Crippen LogP contribution >= 0.6 is 0 Å². The summed E-state index contributed by atoms with van der Waals surface area (Å²) < 4.78 is 7.10. The van der Waals surface area contributed by atoms with E-state index in [1.807, 2.05) is 52.0 Å². The van der Waals surface area contributed by atoms with Crippen LogP contribution in [0.3, 0.4) is 0 Å². The van der Waals surface area contributed by atoms with Crippen molar-refractivity contribution in [1.29, 1.82) is 0 Å². The molecule has 168 valence electrons. The van der Waals surface area contributed by atoms with E-state index in [0.29, 0.717) is 50.3 Å². The van der Waals surface area contributed by atoms with E-state index < -0.39 is 11.7 Å². The monoisotopic (exact) mass is 427 g/mol. The Kier molecular flexibility index (Phi) is 7.49. The third-order valence-electron chi connectivity index (χ3n) is 5.36. The SMILES string of the molecule is CC(C)CN(CC(C)C)C(=O)C(=O)c1cn(CC(=O)N2CCOCC2)c2ccccc12. The fourth-order valence-corrected chi connectivity index (χ4v) is 4.00. The van der Waals surface area contributed by atoms with Crippen LogP contribution in [0.2, 0.25) is 0 Å². The largest absolute Gasteiger partial charge is 0.378 e. The highest BCUT2D eigenvalue weighted by atomic mass is 16.5. The molecule has 0 unspecified atom stereocenters. The van der Waals surface area contributed by atoms with Crippen LogP contribution in [0.4, 0.5) is 0 Å². The van der Waals surface area contributed by atoms with Crippen molar-refractivity contribution < 1.29 is 19.1 Å². The van der Waals surface area contributed by atoms with Crippen molar-refractivity contribution in [3.05, 3.63) is 36.0 Å². The van der Waals surface area contributed by atoms with Crippen LogP contribution in [-0.2, 0) is 20.9 Å². The first-order valence-corrected chi connectivity index (χ1v) is 11.0. The summed E-state index contributed by atoms with van der Waals surface area (Å²) in [4.78, 5) is 42.6. The maximum Gasteiger partial charge on any atom is 0.295 e. The lowest BCUT2D eigenvalue weighted by molar-refractivity contribution is -0.135. The third-order valence-corrected chi connectivity index (χ3v) is 5.36. The summed E-state index contributed by atoms with van der Waals surface area (Å²) in [5.74, 6) is -0.485. The molecular formula is C24H33N3O4. The maximum absolute atomic E-state index is 13.2. The Morgan fingerprint density at radius 3 is 2.23 bits per heavy atom. The van der Waals surface area contributed by atoms with Gasteiger partial charge in [-0.1, -0.05) is 45.9 Å². The number of amides is 2. The number of nitrogens with zero attached hydrogens (tertiary/aromatic N) is 3. The molecule has 0 atom stereocenters. The number of benzene rings is 1. The quantitative estimate of drug-likeness (QED) is 0.480. The Labute approximate surface area is 183 Å². The number of morpholine rings is 1. The number of ether oxygens (including phenoxy) is 1. The predicted octanol–water partition coefficient (Wildman–Crippen LogP) is 2.82. The second-order valence-corrected chi connectivity index (χ2v) is 9.01. The molecule has 0 radical (unpaired) electrons. The van der Waals surface area contributed by atoms with E-state index in [1.165, 1.54) is 0 Å². The van der Waals surface area contributed by atoms with Crippen LogP contribution in [0, 0.1) is 11.8 Å². The zero-order chi connectivity index (χ0) is 22.5. The summed E-state index contributed by atoms with van der Waals surface area (Å²) in [6.07, 6.45) is 1.66. The first-order valence-electron chi connectivity index (χ1n) is 11.0. The minimum atomic E-state index is -0.518. The van der Waals surface area contributed by atoms with E-state index in [0.717, 1.165) is 5.52 Å². The van der Waals surface area contributed by atoms with Gasteiger partial charge in [0.25, 0.3) is 11.7 Å². The molecule has 31 heavy (non-hydrogen) atoms. The standard InChI is InChI=1S/C24H33N3O4/c1-17(2)13-27(14-18(3)4)24(30)23(29)20-15-26(21-8-6-5-7-19(20)21)16-22(28)25-9-11-31-12-10-25/h5-8,15,17-18H,9-14,16H2,1-4H3. The van der Waals surface area contributed by atoms with Gasteiger partial charge in [0.05, 0.1) is 18.8 Å². The van der Waals surface area contributed by atoms with Crippen molar-refractivity contribution >= 4 is 28.5 Å². The normalized spacial score (nSPS) is 14.5. The van der Waals surface area contributed by atoms with Gasteiger partial charge in [-0.15, -0.1) is 0 Å². The second kappa shape index (κ2) is 10.1. The second-order valence-electron chi connectivity index (χ2n) is 9.01. The van der Waals surface area contributed by atoms with E-state index in [2.05, 4.69) is 0 Å². The zero-order valence-electron chi connectivity index (χ0n) is 19.0. The van der Waals surface area contributed by atoms with Crippen LogP contribution in [-0.4, -0.2) is 71.4 Å². The van der Waals surface area contributed by atoms with E-state index in [1.54, 1.807) is 20.6 Å². The summed E-state index contributed by atoms with van der Waals surface area (Å²) in [5.41, 5.74) is 1.13. The number of carbonyl (C=O) groups excluding carboxylic acids is 3. The molecule has 1 aliphatic rings. The topological polar surface area (TPSA) is 71.9 Å². The average Bonchev–Trinajstić information content (AvgIpc) is 3.10. The number of ketones is 1. The molecule has 1 fully saturated rings. The molecule has 0 spiro atoms. The lowest BCUT2D eigenvalue weighted by atomic mass is 10.1. The van der Waals surface area contributed by atoms with E-state index in [4.69, 9.17) is 4.74 Å². The van der Waals surface area contributed by atoms with Crippen LogP contribution in [0.25, 0.3) is 10.9 Å². The lowest BCUT2D eigenvalue weighted by Crippen LogP contribution is -2.42. The molecule has 3 rings (SSSR count). The van der Waals surface area contributed by atoms with Crippen molar-refractivity contribution in [2.75, 3.05) is 39.4 Å². The third kappa shape index (κ3) is 5.53. The Bertz CT molecular complexity index is 931. The fraction of sp³-hybridized carbons (Fsp3) is 0.542. The fourth-order valence-electron chi connectivity index (χ4n) is 4.00. The molecule has 2 amide bonds. The average molecular weight is 428 g/mol. The number of aromatic nitrogens is 1. The van der Waals surface area contributed by atoms with Crippen LogP contribution < -0.4 is 0 Å². The number of rotatable bonds is 8. The number of hydrogen-bond acceptors (Lipinski definition) is 4. The predicted molar refractivity (Wildman–Crippen MR) is 120 cm³/mol. The molecule has 7 heteroatoms. The number of Topliss-reactive ketones (excluding diaryl/α,β-unsaturated/α-hetero) is 1. The van der Waals surface area contributed by atoms with Gasteiger partial charge in [0.1, 0.15) is 6.54 Å². The van der Waals surface area contributed by atoms with Gasteiger partial charge in [-0.3, -0.25) is 14.4 Å². The van der Waals surface area contributed by atoms with Crippen molar-refractivity contribution in [3.63, 3.8) is 0 Å². The molecular weight excluding hydrogens is 394 g/mol. The molecule has 1 aliphatic heterocycles. The highest BCUT2D eigenvalue weighted by Gasteiger charge is 2.28. The van der Waals surface area contributed by atoms with Crippen molar-refractivity contribution in [1.82, 2.24) is 14.4 Å². The van der Waals surface area contributed by atoms with Gasteiger partial charge in [-0.05, 0) is 17.9 Å². The summed E-state index contributed by atoms with van der Waals surface area (Å²) >= 11 is 0. The first kappa shape index (κ1) is 23.0. The van der Waals surface area contributed by atoms with Crippen molar-refractivity contribution in [2.24, 2.45) is 11.8 Å². The smallest absolute Gasteiger partial charge is 0.295 e. The van der Waals surface area contributed by atoms with E-state index in [-0.39, 0.29) is 24.3 Å². The first-order chi connectivity index (χ1) is 14.8. The molecule has 0 saturated carbocycles. The number of hydrogen-bond donors (Lipinski definition) is 0. The molecule has 1 aromatic heterocycles. The van der Waals surface area contributed by atoms with Gasteiger partial charge >= 0.3 is 0 Å². The van der Waals surface area contributed by atoms with Crippen LogP contribution in [0.15, 0.2) is 30.5 Å². The minimum Gasteiger partial charge on any atom is -0.378 e. The van der Waals surface area contributed by atoms with E-state index in [9.17, 15) is 14.4 Å². The Morgan fingerprint density at radius 2 is 1.61 bits per heavy atom. The molecule has 1 aromatic carbocycles. The highest BCUT2D eigenvalue weighted by molar-refractivity contribution is 6.44. The molecule has 2 aromatic rings. The summed E-state index contributed by atoms with van der Waals surface area (Å²) in [7, 11) is 0. The summed E-state index contributed by atoms with van der Waals surface area (Å²) in [6, 6.07) is 7.43. The number of carbonyl (C=O) groups is 3. The molecule has 0 aliphatic carbocycles. The van der Waals surface area contributed by atoms with Crippen LogP contribution in [0.1, 0.15) is 38.1 Å². The molecule has 0 N–H and O–H groups in total. The van der Waals surface area contributed by atoms with Crippen LogP contribution in [0.5, 0.6) is 0 Å². The van der Waals surface area contributed by atoms with Gasteiger partial charge in [0, 0.05) is 43.3 Å². The van der Waals surface area contributed by atoms with Gasteiger partial charge in [-0.25, -0.2) is 0 Å². The summed E-state index contributed by atoms with van der Waals surface area (Å²) in [5, 5.41) is 0.699. The zero-order valence-corrected chi connectivity index (χ0v) is 19.0. The molecule has 0 bridgehead atoms. The van der Waals surface area contributed by atoms with E-state index >= 15 is 0 Å². The Hall–Kier alpha value is -2.67. The minimum absolute atomic E-state index is 0.0179. The number of fused-ring (bicyclic) bond motifs is 1. The number of para-hydroxylation sites is 1. The molecule has 2 heterocycles. The van der Waals surface area contributed by atoms with Gasteiger partial charge in [0.2, 0.25) is 5.91 Å². The van der Waals surface area contributed by atoms with Crippen molar-refractivity contribution in [2.45, 2.75) is 34.2 Å². The van der Waals surface area contributed by atoms with Gasteiger partial charge in [0.15, 0.2) is 0 Å². The van der Waals surface area contributed by atoms with Gasteiger partial charge in [-0.2, -0.15) is 0 Å². The maximum atomic E-state index is 13.2. The Morgan fingerprint density at radius 1 is 1.00 bits per heavy atom. The lowest BCUT2D eigenvalue weighted by Gasteiger charge is -2.27. The highest BCUT2D eigenvalue weighted by Crippen LogP contribution is 2.23. The van der Waals surface area contributed by atoms with Gasteiger partial charge < -0.3 is 19.1 Å². The van der Waals surface area contributed by atoms with Crippen molar-refractivity contribution in [3.8, 4) is 0 Å².